The summed E-state index contributed by atoms with van der Waals surface area (Å²) in [6, 6.07) is 4.23. The standard InChI is InChI=1S/C16H14Cl2FNO/c1-16(2)7-13-10(14(21)8-16)3-4-20(13)15-11(17)5-9(19)6-12(15)18/h3-6H,7-8H2,1-2H3. The fraction of sp³-hybridized carbons (Fsp3) is 0.312. The van der Waals surface area contributed by atoms with Crippen molar-refractivity contribution in [2.24, 2.45) is 5.41 Å². The Morgan fingerprint density at radius 1 is 1.19 bits per heavy atom. The summed E-state index contributed by atoms with van der Waals surface area (Å²) in [6.07, 6.45) is 3.04. The third-order valence-electron chi connectivity index (χ3n) is 3.80. The molecule has 0 radical (unpaired) electrons. The van der Waals surface area contributed by atoms with Crippen LogP contribution in [0.2, 0.25) is 10.0 Å². The molecule has 0 saturated heterocycles. The van der Waals surface area contributed by atoms with E-state index in [0.717, 1.165) is 12.1 Å². The van der Waals surface area contributed by atoms with E-state index in [2.05, 4.69) is 13.8 Å². The second kappa shape index (κ2) is 4.85. The number of aromatic nitrogens is 1. The second-order valence-electron chi connectivity index (χ2n) is 6.21. The van der Waals surface area contributed by atoms with Crippen molar-refractivity contribution in [1.29, 1.82) is 0 Å². The van der Waals surface area contributed by atoms with E-state index >= 15 is 0 Å². The van der Waals surface area contributed by atoms with Gasteiger partial charge in [0.15, 0.2) is 5.78 Å². The quantitative estimate of drug-likeness (QED) is 0.716. The van der Waals surface area contributed by atoms with Crippen molar-refractivity contribution >= 4 is 29.0 Å². The van der Waals surface area contributed by atoms with Gasteiger partial charge in [0.1, 0.15) is 5.82 Å². The van der Waals surface area contributed by atoms with Crippen LogP contribution >= 0.6 is 23.2 Å². The Labute approximate surface area is 132 Å². The third-order valence-corrected chi connectivity index (χ3v) is 4.38. The minimum absolute atomic E-state index is 0.112. The Morgan fingerprint density at radius 3 is 2.43 bits per heavy atom. The zero-order valence-electron chi connectivity index (χ0n) is 11.7. The number of nitrogens with zero attached hydrogens (tertiary/aromatic N) is 1. The maximum atomic E-state index is 13.3. The number of ketones is 1. The second-order valence-corrected chi connectivity index (χ2v) is 7.02. The van der Waals surface area contributed by atoms with E-state index in [0.29, 0.717) is 17.7 Å². The van der Waals surface area contributed by atoms with E-state index in [1.807, 2.05) is 0 Å². The van der Waals surface area contributed by atoms with Crippen molar-refractivity contribution in [1.82, 2.24) is 4.57 Å². The van der Waals surface area contributed by atoms with Crippen LogP contribution in [0.4, 0.5) is 4.39 Å². The smallest absolute Gasteiger partial charge is 0.165 e. The Morgan fingerprint density at radius 2 is 1.81 bits per heavy atom. The number of carbonyl (C=O) groups excluding carboxylic acids is 1. The first-order valence-electron chi connectivity index (χ1n) is 6.67. The molecular formula is C16H14Cl2FNO. The van der Waals surface area contributed by atoms with Crippen LogP contribution in [0.3, 0.4) is 0 Å². The van der Waals surface area contributed by atoms with E-state index < -0.39 is 5.82 Å². The molecule has 0 bridgehead atoms. The summed E-state index contributed by atoms with van der Waals surface area (Å²) in [7, 11) is 0. The zero-order valence-corrected chi connectivity index (χ0v) is 13.2. The van der Waals surface area contributed by atoms with Crippen LogP contribution in [-0.2, 0) is 6.42 Å². The fourth-order valence-electron chi connectivity index (χ4n) is 2.92. The monoisotopic (exact) mass is 325 g/mol. The zero-order chi connectivity index (χ0) is 15.4. The summed E-state index contributed by atoms with van der Waals surface area (Å²) in [5.74, 6) is -0.361. The van der Waals surface area contributed by atoms with Gasteiger partial charge in [-0.15, -0.1) is 0 Å². The first-order valence-corrected chi connectivity index (χ1v) is 7.42. The molecule has 1 aromatic heterocycles. The van der Waals surface area contributed by atoms with E-state index in [4.69, 9.17) is 23.2 Å². The minimum atomic E-state index is -0.480. The number of hydrogen-bond donors (Lipinski definition) is 0. The molecule has 0 atom stereocenters. The Kier molecular flexibility index (Phi) is 3.38. The largest absolute Gasteiger partial charge is 0.317 e. The SMILES string of the molecule is CC1(C)CC(=O)c2ccn(-c3c(Cl)cc(F)cc3Cl)c2C1. The van der Waals surface area contributed by atoms with Crippen molar-refractivity contribution in [2.45, 2.75) is 26.7 Å². The lowest BCUT2D eigenvalue weighted by molar-refractivity contribution is 0.0911. The molecule has 0 saturated carbocycles. The highest BCUT2D eigenvalue weighted by Crippen LogP contribution is 2.39. The van der Waals surface area contributed by atoms with Gasteiger partial charge in [0, 0.05) is 23.9 Å². The highest BCUT2D eigenvalue weighted by atomic mass is 35.5. The number of rotatable bonds is 1. The van der Waals surface area contributed by atoms with Crippen LogP contribution in [0.5, 0.6) is 0 Å². The third kappa shape index (κ3) is 2.49. The summed E-state index contributed by atoms with van der Waals surface area (Å²) in [5, 5.41) is 0.462. The van der Waals surface area contributed by atoms with Gasteiger partial charge in [-0.1, -0.05) is 37.0 Å². The van der Waals surface area contributed by atoms with Crippen LogP contribution in [0.25, 0.3) is 5.69 Å². The van der Waals surface area contributed by atoms with Crippen LogP contribution < -0.4 is 0 Å². The van der Waals surface area contributed by atoms with Gasteiger partial charge in [0.25, 0.3) is 0 Å². The van der Waals surface area contributed by atoms with Crippen molar-refractivity contribution in [3.05, 3.63) is 51.5 Å². The number of fused-ring (bicyclic) bond motifs is 1. The van der Waals surface area contributed by atoms with Gasteiger partial charge in [0.2, 0.25) is 0 Å². The molecule has 0 fully saturated rings. The molecule has 1 aromatic carbocycles. The van der Waals surface area contributed by atoms with Crippen LogP contribution in [-0.4, -0.2) is 10.4 Å². The molecule has 0 aliphatic heterocycles. The maximum Gasteiger partial charge on any atom is 0.165 e. The first-order chi connectivity index (χ1) is 9.78. The van der Waals surface area contributed by atoms with Gasteiger partial charge < -0.3 is 4.57 Å². The molecule has 0 spiro atoms. The lowest BCUT2D eigenvalue weighted by Gasteiger charge is -2.30. The Hall–Kier alpha value is -1.32. The van der Waals surface area contributed by atoms with Crippen LogP contribution in [0.15, 0.2) is 24.4 Å². The van der Waals surface area contributed by atoms with E-state index in [1.165, 1.54) is 12.1 Å². The molecule has 0 N–H and O–H groups in total. The van der Waals surface area contributed by atoms with Crippen LogP contribution in [0, 0.1) is 11.2 Å². The van der Waals surface area contributed by atoms with Crippen LogP contribution in [0.1, 0.15) is 36.3 Å². The van der Waals surface area contributed by atoms with Gasteiger partial charge in [-0.2, -0.15) is 0 Å². The molecule has 3 rings (SSSR count). The lowest BCUT2D eigenvalue weighted by atomic mass is 9.76. The predicted molar refractivity (Wildman–Crippen MR) is 82.2 cm³/mol. The van der Waals surface area contributed by atoms with Gasteiger partial charge >= 0.3 is 0 Å². The number of benzene rings is 1. The molecule has 0 unspecified atom stereocenters. The molecule has 2 aromatic rings. The molecular weight excluding hydrogens is 312 g/mol. The molecule has 1 heterocycles. The van der Waals surface area contributed by atoms with Crippen molar-refractivity contribution in [3.8, 4) is 5.69 Å². The molecule has 110 valence electrons. The number of hydrogen-bond acceptors (Lipinski definition) is 1. The van der Waals surface area contributed by atoms with Gasteiger partial charge in [-0.05, 0) is 30.0 Å². The highest BCUT2D eigenvalue weighted by molar-refractivity contribution is 6.37. The molecule has 1 aliphatic carbocycles. The van der Waals surface area contributed by atoms with Crippen molar-refractivity contribution in [3.63, 3.8) is 0 Å². The van der Waals surface area contributed by atoms with E-state index in [9.17, 15) is 9.18 Å². The fourth-order valence-corrected chi connectivity index (χ4v) is 3.56. The maximum absolute atomic E-state index is 13.3. The summed E-state index contributed by atoms with van der Waals surface area (Å²) in [4.78, 5) is 12.2. The van der Waals surface area contributed by atoms with E-state index in [-0.39, 0.29) is 21.2 Å². The first kappa shape index (κ1) is 14.6. The molecule has 0 amide bonds. The Balaban J connectivity index is 2.21. The topological polar surface area (TPSA) is 22.0 Å². The average Bonchev–Trinajstić information content (AvgIpc) is 2.70. The van der Waals surface area contributed by atoms with E-state index in [1.54, 1.807) is 16.8 Å². The van der Waals surface area contributed by atoms with Gasteiger partial charge in [-0.25, -0.2) is 4.39 Å². The van der Waals surface area contributed by atoms with Crippen molar-refractivity contribution in [2.75, 3.05) is 0 Å². The highest BCUT2D eigenvalue weighted by Gasteiger charge is 2.33. The Bertz CT molecular complexity index is 726. The summed E-state index contributed by atoms with van der Waals surface area (Å²) < 4.78 is 15.1. The normalized spacial score (nSPS) is 16.9. The number of Topliss-reactive ketones (excluding diaryl/α,β-unsaturated/α-hetero) is 1. The molecule has 1 aliphatic rings. The summed E-state index contributed by atoms with van der Waals surface area (Å²) >= 11 is 12.3. The minimum Gasteiger partial charge on any atom is -0.317 e. The number of carbonyl (C=O) groups is 1. The van der Waals surface area contributed by atoms with Gasteiger partial charge in [0.05, 0.1) is 15.7 Å². The van der Waals surface area contributed by atoms with Gasteiger partial charge in [-0.3, -0.25) is 4.79 Å². The summed E-state index contributed by atoms with van der Waals surface area (Å²) in [5.41, 5.74) is 1.99. The average molecular weight is 326 g/mol. The molecule has 5 heteroatoms. The summed E-state index contributed by atoms with van der Waals surface area (Å²) in [6.45, 7) is 4.11. The predicted octanol–water partition coefficient (Wildman–Crippen LogP) is 5.08. The van der Waals surface area contributed by atoms with Crippen molar-refractivity contribution < 1.29 is 9.18 Å². The number of halogens is 3. The molecule has 2 nitrogen and oxygen atoms in total. The lowest BCUT2D eigenvalue weighted by Crippen LogP contribution is -2.27. The molecule has 21 heavy (non-hydrogen) atoms.